The Labute approximate surface area is 149 Å². The molecular formula is C18H17ClN2O4. The topological polar surface area (TPSA) is 79.7 Å². The Morgan fingerprint density at radius 1 is 1.28 bits per heavy atom. The van der Waals surface area contributed by atoms with E-state index in [1.54, 1.807) is 12.1 Å². The molecule has 1 saturated heterocycles. The fourth-order valence-electron chi connectivity index (χ4n) is 3.14. The number of aromatic nitrogens is 1. The van der Waals surface area contributed by atoms with Gasteiger partial charge in [0.2, 0.25) is 0 Å². The molecule has 0 radical (unpaired) electrons. The average molecular weight is 361 g/mol. The number of carbonyl (C=O) groups is 2. The van der Waals surface area contributed by atoms with Crippen LogP contribution >= 0.6 is 11.6 Å². The van der Waals surface area contributed by atoms with Gasteiger partial charge in [0.05, 0.1) is 24.2 Å². The number of morpholine rings is 1. The highest BCUT2D eigenvalue weighted by molar-refractivity contribution is 6.31. The third-order valence-electron chi connectivity index (χ3n) is 4.65. The smallest absolute Gasteiger partial charge is 0.334 e. The summed E-state index contributed by atoms with van der Waals surface area (Å²) in [7, 11) is 0. The van der Waals surface area contributed by atoms with Crippen molar-refractivity contribution >= 4 is 34.4 Å². The van der Waals surface area contributed by atoms with Crippen LogP contribution in [-0.2, 0) is 9.53 Å². The molecule has 0 spiro atoms. The van der Waals surface area contributed by atoms with E-state index in [2.05, 4.69) is 4.98 Å². The van der Waals surface area contributed by atoms with Gasteiger partial charge in [-0.15, -0.1) is 0 Å². The van der Waals surface area contributed by atoms with Crippen molar-refractivity contribution in [3.63, 3.8) is 0 Å². The molecule has 2 aliphatic rings. The summed E-state index contributed by atoms with van der Waals surface area (Å²) in [5, 5.41) is 10.4. The van der Waals surface area contributed by atoms with Gasteiger partial charge in [-0.1, -0.05) is 11.6 Å². The lowest BCUT2D eigenvalue weighted by Gasteiger charge is -2.31. The third-order valence-corrected chi connectivity index (χ3v) is 4.88. The quantitative estimate of drug-likeness (QED) is 0.910. The number of rotatable bonds is 3. The first kappa shape index (κ1) is 16.3. The molecule has 1 unspecified atom stereocenters. The van der Waals surface area contributed by atoms with Gasteiger partial charge in [0.25, 0.3) is 5.91 Å². The molecule has 2 heterocycles. The molecule has 4 rings (SSSR count). The minimum Gasteiger partial charge on any atom is -0.479 e. The summed E-state index contributed by atoms with van der Waals surface area (Å²) in [5.41, 5.74) is 2.18. The number of aliphatic carboxylic acids is 1. The maximum atomic E-state index is 13.1. The summed E-state index contributed by atoms with van der Waals surface area (Å²) >= 11 is 6.11. The fourth-order valence-corrected chi connectivity index (χ4v) is 3.31. The summed E-state index contributed by atoms with van der Waals surface area (Å²) in [4.78, 5) is 30.5. The molecule has 1 atom stereocenters. The number of fused-ring (bicyclic) bond motifs is 1. The van der Waals surface area contributed by atoms with Gasteiger partial charge >= 0.3 is 5.97 Å². The van der Waals surface area contributed by atoms with E-state index < -0.39 is 12.1 Å². The minimum atomic E-state index is -1.06. The fraction of sp³-hybridized carbons (Fsp3) is 0.389. The summed E-state index contributed by atoms with van der Waals surface area (Å²) in [6.07, 6.45) is 1.17. The Kier molecular flexibility index (Phi) is 4.09. The lowest BCUT2D eigenvalue weighted by atomic mass is 10.0. The minimum absolute atomic E-state index is 0.0390. The molecule has 6 nitrogen and oxygen atoms in total. The highest BCUT2D eigenvalue weighted by Gasteiger charge is 2.32. The van der Waals surface area contributed by atoms with Gasteiger partial charge in [-0.2, -0.15) is 0 Å². The van der Waals surface area contributed by atoms with Crippen LogP contribution in [0.15, 0.2) is 24.3 Å². The molecule has 0 bridgehead atoms. The number of pyridine rings is 1. The van der Waals surface area contributed by atoms with Crippen LogP contribution in [0.1, 0.15) is 34.8 Å². The predicted molar refractivity (Wildman–Crippen MR) is 92.0 cm³/mol. The van der Waals surface area contributed by atoms with E-state index in [0.717, 1.165) is 24.1 Å². The number of benzene rings is 1. The van der Waals surface area contributed by atoms with Crippen LogP contribution in [0, 0.1) is 0 Å². The largest absolute Gasteiger partial charge is 0.479 e. The van der Waals surface area contributed by atoms with Crippen LogP contribution < -0.4 is 0 Å². The molecule has 7 heteroatoms. The summed E-state index contributed by atoms with van der Waals surface area (Å²) in [5.74, 6) is -0.854. The lowest BCUT2D eigenvalue weighted by molar-refractivity contribution is -0.154. The van der Waals surface area contributed by atoms with E-state index in [0.29, 0.717) is 28.4 Å². The zero-order chi connectivity index (χ0) is 17.6. The van der Waals surface area contributed by atoms with Crippen LogP contribution in [0.4, 0.5) is 0 Å². The molecule has 1 N–H and O–H groups in total. The first-order valence-corrected chi connectivity index (χ1v) is 8.64. The van der Waals surface area contributed by atoms with Gasteiger partial charge in [0.15, 0.2) is 6.10 Å². The zero-order valence-corrected chi connectivity index (χ0v) is 14.2. The van der Waals surface area contributed by atoms with Crippen molar-refractivity contribution < 1.29 is 19.4 Å². The first-order valence-electron chi connectivity index (χ1n) is 8.27. The highest BCUT2D eigenvalue weighted by Crippen LogP contribution is 2.40. The second-order valence-electron chi connectivity index (χ2n) is 6.48. The van der Waals surface area contributed by atoms with Crippen LogP contribution in [0.3, 0.4) is 0 Å². The Morgan fingerprint density at radius 2 is 2.08 bits per heavy atom. The van der Waals surface area contributed by atoms with E-state index in [1.165, 1.54) is 4.90 Å². The van der Waals surface area contributed by atoms with E-state index in [9.17, 15) is 9.59 Å². The van der Waals surface area contributed by atoms with Gasteiger partial charge < -0.3 is 14.7 Å². The molecule has 2 aromatic rings. The lowest BCUT2D eigenvalue weighted by Crippen LogP contribution is -2.48. The Hall–Kier alpha value is -2.18. The number of halogens is 1. The number of hydrogen-bond acceptors (Lipinski definition) is 4. The first-order chi connectivity index (χ1) is 12.0. The molecule has 1 saturated carbocycles. The number of nitrogens with zero attached hydrogens (tertiary/aromatic N) is 2. The molecule has 1 amide bonds. The van der Waals surface area contributed by atoms with Gasteiger partial charge in [-0.05, 0) is 37.1 Å². The Bertz CT molecular complexity index is 866. The monoisotopic (exact) mass is 360 g/mol. The number of carboxylic acids is 1. The number of amides is 1. The molecule has 25 heavy (non-hydrogen) atoms. The molecule has 2 fully saturated rings. The van der Waals surface area contributed by atoms with E-state index in [4.69, 9.17) is 21.4 Å². The van der Waals surface area contributed by atoms with Crippen LogP contribution in [0.25, 0.3) is 10.9 Å². The summed E-state index contributed by atoms with van der Waals surface area (Å²) < 4.78 is 5.21. The maximum absolute atomic E-state index is 13.1. The summed E-state index contributed by atoms with van der Waals surface area (Å²) in [6.45, 7) is 0.616. The van der Waals surface area contributed by atoms with Crippen molar-refractivity contribution in [2.24, 2.45) is 0 Å². The number of carbonyl (C=O) groups excluding carboxylic acids is 1. The molecule has 1 aliphatic carbocycles. The third kappa shape index (κ3) is 3.19. The van der Waals surface area contributed by atoms with Crippen LogP contribution in [0.5, 0.6) is 0 Å². The average Bonchev–Trinajstić information content (AvgIpc) is 3.45. The second kappa shape index (κ2) is 6.28. The normalized spacial score (nSPS) is 20.7. The van der Waals surface area contributed by atoms with Crippen molar-refractivity contribution in [3.05, 3.63) is 40.5 Å². The summed E-state index contributed by atoms with van der Waals surface area (Å²) in [6, 6.07) is 7.16. The van der Waals surface area contributed by atoms with Gasteiger partial charge in [0.1, 0.15) is 0 Å². The van der Waals surface area contributed by atoms with Crippen molar-refractivity contribution in [1.82, 2.24) is 9.88 Å². The van der Waals surface area contributed by atoms with Gasteiger partial charge in [0, 0.05) is 28.6 Å². The molecule has 130 valence electrons. The molecule has 1 aliphatic heterocycles. The van der Waals surface area contributed by atoms with Gasteiger partial charge in [-0.25, -0.2) is 4.79 Å². The molecule has 1 aromatic heterocycles. The standard InChI is InChI=1S/C18H17ClN2O4/c19-11-3-4-14-12(7-11)13(8-15(20-14)10-1-2-10)17(22)21-5-6-25-16(9-21)18(23)24/h3-4,7-8,10,16H,1-2,5-6,9H2,(H,23,24). The van der Waals surface area contributed by atoms with E-state index in [-0.39, 0.29) is 19.1 Å². The second-order valence-corrected chi connectivity index (χ2v) is 6.92. The number of hydrogen-bond donors (Lipinski definition) is 1. The van der Waals surface area contributed by atoms with Crippen molar-refractivity contribution in [2.45, 2.75) is 24.9 Å². The molecular weight excluding hydrogens is 344 g/mol. The van der Waals surface area contributed by atoms with Crippen molar-refractivity contribution in [2.75, 3.05) is 19.7 Å². The van der Waals surface area contributed by atoms with Gasteiger partial charge in [-0.3, -0.25) is 9.78 Å². The Morgan fingerprint density at radius 3 is 2.80 bits per heavy atom. The van der Waals surface area contributed by atoms with E-state index >= 15 is 0 Å². The highest BCUT2D eigenvalue weighted by atomic mass is 35.5. The van der Waals surface area contributed by atoms with Crippen molar-refractivity contribution in [3.8, 4) is 0 Å². The maximum Gasteiger partial charge on any atom is 0.334 e. The predicted octanol–water partition coefficient (Wildman–Crippen LogP) is 2.69. The number of ether oxygens (including phenoxy) is 1. The molecule has 1 aromatic carbocycles. The van der Waals surface area contributed by atoms with E-state index in [1.807, 2.05) is 12.1 Å². The zero-order valence-electron chi connectivity index (χ0n) is 13.4. The van der Waals surface area contributed by atoms with Crippen LogP contribution in [0.2, 0.25) is 5.02 Å². The Balaban J connectivity index is 1.75. The SMILES string of the molecule is O=C(O)C1CN(C(=O)c2cc(C3CC3)nc3ccc(Cl)cc23)CCO1. The van der Waals surface area contributed by atoms with Crippen LogP contribution in [-0.4, -0.2) is 52.7 Å². The van der Waals surface area contributed by atoms with Crippen molar-refractivity contribution in [1.29, 1.82) is 0 Å². The number of carboxylic acid groups (broad SMARTS) is 1.